The Labute approximate surface area is 67.8 Å². The summed E-state index contributed by atoms with van der Waals surface area (Å²) >= 11 is 5.52. The van der Waals surface area contributed by atoms with Crippen LogP contribution in [0.4, 0.5) is 14.5 Å². The summed E-state index contributed by atoms with van der Waals surface area (Å²) in [5.74, 6) is 0. The molecule has 0 aliphatic carbocycles. The van der Waals surface area contributed by atoms with Gasteiger partial charge in [-0.05, 0) is 12.1 Å². The Kier molecular flexibility index (Phi) is 2.29. The lowest BCUT2D eigenvalue weighted by molar-refractivity contribution is 0.151. The van der Waals surface area contributed by atoms with Gasteiger partial charge in [-0.2, -0.15) is 0 Å². The van der Waals surface area contributed by atoms with E-state index in [4.69, 9.17) is 17.3 Å². The molecule has 0 radical (unpaired) electrons. The molecule has 0 amide bonds. The van der Waals surface area contributed by atoms with Gasteiger partial charge in [0.25, 0.3) is 6.43 Å². The lowest BCUT2D eigenvalue weighted by Gasteiger charge is -2.01. The molecular weight excluding hydrogens is 172 g/mol. The van der Waals surface area contributed by atoms with Crippen LogP contribution in [0.2, 0.25) is 5.02 Å². The zero-order valence-corrected chi connectivity index (χ0v) is 6.28. The lowest BCUT2D eigenvalue weighted by Crippen LogP contribution is -1.89. The van der Waals surface area contributed by atoms with E-state index in [-0.39, 0.29) is 11.3 Å². The van der Waals surface area contributed by atoms with Gasteiger partial charge >= 0.3 is 0 Å². The lowest BCUT2D eigenvalue weighted by atomic mass is 10.2. The molecule has 0 aliphatic heterocycles. The molecule has 0 aliphatic rings. The molecule has 0 saturated heterocycles. The molecule has 1 nitrogen and oxygen atoms in total. The van der Waals surface area contributed by atoms with E-state index in [0.717, 1.165) is 0 Å². The molecule has 11 heavy (non-hydrogen) atoms. The van der Waals surface area contributed by atoms with Crippen molar-refractivity contribution in [2.24, 2.45) is 0 Å². The number of halogens is 3. The summed E-state index contributed by atoms with van der Waals surface area (Å²) in [6.45, 7) is 0. The quantitative estimate of drug-likeness (QED) is 0.656. The molecule has 0 heterocycles. The maximum Gasteiger partial charge on any atom is 0.263 e. The number of hydrogen-bond acceptors (Lipinski definition) is 1. The van der Waals surface area contributed by atoms with Crippen LogP contribution in [0.5, 0.6) is 0 Å². The highest BCUT2D eigenvalue weighted by Gasteiger charge is 2.07. The predicted octanol–water partition coefficient (Wildman–Crippen LogP) is 2.86. The zero-order chi connectivity index (χ0) is 8.43. The second-order valence-electron chi connectivity index (χ2n) is 2.08. The third-order valence-corrected chi connectivity index (χ3v) is 1.62. The first-order valence-corrected chi connectivity index (χ1v) is 3.32. The number of nitrogens with two attached hydrogens (primary N) is 1. The highest BCUT2D eigenvalue weighted by atomic mass is 35.5. The van der Waals surface area contributed by atoms with Crippen molar-refractivity contribution in [3.8, 4) is 0 Å². The van der Waals surface area contributed by atoms with Gasteiger partial charge in [0.05, 0.1) is 10.7 Å². The van der Waals surface area contributed by atoms with Crippen LogP contribution < -0.4 is 5.73 Å². The van der Waals surface area contributed by atoms with E-state index in [0.29, 0.717) is 5.02 Å². The molecule has 0 aromatic heterocycles. The molecular formula is C7H6ClF2N. The van der Waals surface area contributed by atoms with Crippen molar-refractivity contribution >= 4 is 17.3 Å². The minimum atomic E-state index is -2.49. The Morgan fingerprint density at radius 1 is 1.36 bits per heavy atom. The molecule has 1 rings (SSSR count). The van der Waals surface area contributed by atoms with Gasteiger partial charge < -0.3 is 5.73 Å². The summed E-state index contributed by atoms with van der Waals surface area (Å²) in [4.78, 5) is 0. The van der Waals surface area contributed by atoms with Crippen LogP contribution >= 0.6 is 11.6 Å². The predicted molar refractivity (Wildman–Crippen MR) is 40.8 cm³/mol. The van der Waals surface area contributed by atoms with Gasteiger partial charge in [0.1, 0.15) is 0 Å². The fraction of sp³-hybridized carbons (Fsp3) is 0.143. The number of rotatable bonds is 1. The first kappa shape index (κ1) is 8.27. The zero-order valence-electron chi connectivity index (χ0n) is 5.52. The summed E-state index contributed by atoms with van der Waals surface area (Å²) in [5.41, 5.74) is 5.37. The molecule has 0 unspecified atom stereocenters. The number of alkyl halides is 2. The van der Waals surface area contributed by atoms with Gasteiger partial charge in [-0.1, -0.05) is 17.7 Å². The highest BCUT2D eigenvalue weighted by Crippen LogP contribution is 2.25. The van der Waals surface area contributed by atoms with Crippen molar-refractivity contribution in [3.63, 3.8) is 0 Å². The molecule has 0 fully saturated rings. The van der Waals surface area contributed by atoms with Crippen LogP contribution in [0.15, 0.2) is 18.2 Å². The summed E-state index contributed by atoms with van der Waals surface area (Å²) in [7, 11) is 0. The normalized spacial score (nSPS) is 10.5. The average molecular weight is 178 g/mol. The summed E-state index contributed by atoms with van der Waals surface area (Å²) < 4.78 is 24.0. The number of nitrogen functional groups attached to an aromatic ring is 1. The first-order chi connectivity index (χ1) is 5.11. The van der Waals surface area contributed by atoms with Gasteiger partial charge in [0.15, 0.2) is 0 Å². The van der Waals surface area contributed by atoms with Gasteiger partial charge in [-0.3, -0.25) is 0 Å². The third kappa shape index (κ3) is 1.80. The van der Waals surface area contributed by atoms with Gasteiger partial charge in [0, 0.05) is 5.56 Å². The molecule has 0 bridgehead atoms. The molecule has 2 N–H and O–H groups in total. The summed E-state index contributed by atoms with van der Waals surface area (Å²) in [6.07, 6.45) is -2.49. The Balaban J connectivity index is 3.05. The van der Waals surface area contributed by atoms with Crippen molar-refractivity contribution in [2.75, 3.05) is 5.73 Å². The molecule has 1 aromatic rings. The molecule has 0 saturated carbocycles. The fourth-order valence-corrected chi connectivity index (χ4v) is 0.816. The van der Waals surface area contributed by atoms with E-state index in [2.05, 4.69) is 0 Å². The SMILES string of the molecule is Nc1cc(C(F)F)ccc1Cl. The van der Waals surface area contributed by atoms with E-state index < -0.39 is 6.43 Å². The van der Waals surface area contributed by atoms with E-state index in [1.807, 2.05) is 0 Å². The van der Waals surface area contributed by atoms with Crippen molar-refractivity contribution in [1.29, 1.82) is 0 Å². The van der Waals surface area contributed by atoms with Crippen molar-refractivity contribution in [2.45, 2.75) is 6.43 Å². The van der Waals surface area contributed by atoms with Crippen molar-refractivity contribution < 1.29 is 8.78 Å². The monoisotopic (exact) mass is 177 g/mol. The van der Waals surface area contributed by atoms with Crippen LogP contribution in [-0.4, -0.2) is 0 Å². The topological polar surface area (TPSA) is 26.0 Å². The van der Waals surface area contributed by atoms with Gasteiger partial charge in [-0.15, -0.1) is 0 Å². The second kappa shape index (κ2) is 3.05. The largest absolute Gasteiger partial charge is 0.398 e. The van der Waals surface area contributed by atoms with Gasteiger partial charge in [-0.25, -0.2) is 8.78 Å². The first-order valence-electron chi connectivity index (χ1n) is 2.94. The molecule has 0 spiro atoms. The number of hydrogen-bond donors (Lipinski definition) is 1. The smallest absolute Gasteiger partial charge is 0.263 e. The number of benzene rings is 1. The summed E-state index contributed by atoms with van der Waals surface area (Å²) in [5, 5.41) is 0.300. The van der Waals surface area contributed by atoms with Crippen molar-refractivity contribution in [1.82, 2.24) is 0 Å². The Morgan fingerprint density at radius 3 is 2.45 bits per heavy atom. The van der Waals surface area contributed by atoms with E-state index in [9.17, 15) is 8.78 Å². The van der Waals surface area contributed by atoms with E-state index >= 15 is 0 Å². The molecule has 1 aromatic carbocycles. The average Bonchev–Trinajstić information content (AvgIpc) is 1.94. The number of anilines is 1. The minimum Gasteiger partial charge on any atom is -0.398 e. The minimum absolute atomic E-state index is 0.105. The molecule has 0 atom stereocenters. The highest BCUT2D eigenvalue weighted by molar-refractivity contribution is 6.33. The maximum atomic E-state index is 12.0. The Bertz CT molecular complexity index is 263. The second-order valence-corrected chi connectivity index (χ2v) is 2.49. The maximum absolute atomic E-state index is 12.0. The van der Waals surface area contributed by atoms with Gasteiger partial charge in [0.2, 0.25) is 0 Å². The van der Waals surface area contributed by atoms with Crippen LogP contribution in [0, 0.1) is 0 Å². The standard InChI is InChI=1S/C7H6ClF2N/c8-5-2-1-4(7(9)10)3-6(5)11/h1-3,7H,11H2. The van der Waals surface area contributed by atoms with Crippen LogP contribution in [0.3, 0.4) is 0 Å². The van der Waals surface area contributed by atoms with E-state index in [1.54, 1.807) is 0 Å². The Morgan fingerprint density at radius 2 is 2.00 bits per heavy atom. The Hall–Kier alpha value is -0.830. The van der Waals surface area contributed by atoms with Crippen molar-refractivity contribution in [3.05, 3.63) is 28.8 Å². The molecule has 4 heteroatoms. The van der Waals surface area contributed by atoms with Crippen LogP contribution in [-0.2, 0) is 0 Å². The van der Waals surface area contributed by atoms with Crippen LogP contribution in [0.1, 0.15) is 12.0 Å². The summed E-state index contributed by atoms with van der Waals surface area (Å²) in [6, 6.07) is 3.79. The van der Waals surface area contributed by atoms with Crippen LogP contribution in [0.25, 0.3) is 0 Å². The third-order valence-electron chi connectivity index (χ3n) is 1.27. The fourth-order valence-electron chi connectivity index (χ4n) is 0.698. The molecule has 60 valence electrons. The van der Waals surface area contributed by atoms with E-state index in [1.165, 1.54) is 18.2 Å².